The molecule has 0 aliphatic heterocycles. The molecular formula is C11H12INO3S. The van der Waals surface area contributed by atoms with Gasteiger partial charge in [0.15, 0.2) is 0 Å². The van der Waals surface area contributed by atoms with Gasteiger partial charge in [-0.15, -0.1) is 0 Å². The zero-order chi connectivity index (χ0) is 12.7. The highest BCUT2D eigenvalue weighted by molar-refractivity contribution is 14.1. The van der Waals surface area contributed by atoms with Gasteiger partial charge in [0.2, 0.25) is 5.91 Å². The molecule has 1 aromatic carbocycles. The predicted octanol–water partition coefficient (Wildman–Crippen LogP) is 2.44. The molecule has 0 bridgehead atoms. The van der Waals surface area contributed by atoms with Crippen LogP contribution in [0.2, 0.25) is 0 Å². The largest absolute Gasteiger partial charge is 0.481 e. The Bertz CT molecular complexity index is 411. The molecule has 17 heavy (non-hydrogen) atoms. The van der Waals surface area contributed by atoms with E-state index in [1.807, 2.05) is 24.3 Å². The van der Waals surface area contributed by atoms with E-state index in [1.54, 1.807) is 0 Å². The van der Waals surface area contributed by atoms with Gasteiger partial charge in [-0.3, -0.25) is 9.59 Å². The van der Waals surface area contributed by atoms with Crippen LogP contribution in [0.4, 0.5) is 5.69 Å². The summed E-state index contributed by atoms with van der Waals surface area (Å²) < 4.78 is 0.981. The second-order valence-corrected chi connectivity index (χ2v) is 5.49. The molecular weight excluding hydrogens is 353 g/mol. The molecule has 0 aliphatic rings. The van der Waals surface area contributed by atoms with Crippen molar-refractivity contribution in [3.63, 3.8) is 0 Å². The fourth-order valence-corrected chi connectivity index (χ4v) is 2.32. The minimum Gasteiger partial charge on any atom is -0.481 e. The molecule has 0 saturated heterocycles. The molecule has 1 amide bonds. The van der Waals surface area contributed by atoms with Gasteiger partial charge in [0.1, 0.15) is 0 Å². The monoisotopic (exact) mass is 365 g/mol. The van der Waals surface area contributed by atoms with Crippen molar-refractivity contribution in [2.24, 2.45) is 0 Å². The van der Waals surface area contributed by atoms with Crippen molar-refractivity contribution in [2.45, 2.75) is 6.42 Å². The minimum atomic E-state index is -0.837. The van der Waals surface area contributed by atoms with Crippen molar-refractivity contribution in [3.8, 4) is 0 Å². The van der Waals surface area contributed by atoms with E-state index in [0.717, 1.165) is 9.26 Å². The number of anilines is 1. The van der Waals surface area contributed by atoms with Crippen LogP contribution in [-0.4, -0.2) is 28.5 Å². The first kappa shape index (κ1) is 14.3. The van der Waals surface area contributed by atoms with E-state index < -0.39 is 5.97 Å². The third-order valence-electron chi connectivity index (χ3n) is 1.84. The van der Waals surface area contributed by atoms with Crippen LogP contribution in [-0.2, 0) is 9.59 Å². The fraction of sp³-hybridized carbons (Fsp3) is 0.273. The number of hydrogen-bond donors (Lipinski definition) is 2. The van der Waals surface area contributed by atoms with E-state index in [4.69, 9.17) is 5.11 Å². The maximum atomic E-state index is 11.5. The molecule has 1 rings (SSSR count). The van der Waals surface area contributed by atoms with E-state index >= 15 is 0 Å². The number of carbonyl (C=O) groups is 2. The number of para-hydroxylation sites is 1. The van der Waals surface area contributed by atoms with Crippen molar-refractivity contribution in [1.82, 2.24) is 0 Å². The van der Waals surface area contributed by atoms with Gasteiger partial charge >= 0.3 is 5.97 Å². The number of benzene rings is 1. The number of rotatable bonds is 6. The molecule has 0 unspecified atom stereocenters. The number of aliphatic carboxylic acids is 1. The lowest BCUT2D eigenvalue weighted by Gasteiger charge is -2.06. The number of thioether (sulfide) groups is 1. The molecule has 0 radical (unpaired) electrons. The van der Waals surface area contributed by atoms with E-state index in [1.165, 1.54) is 11.8 Å². The second kappa shape index (κ2) is 7.54. The topological polar surface area (TPSA) is 66.4 Å². The first-order chi connectivity index (χ1) is 8.09. The maximum absolute atomic E-state index is 11.5. The number of carbonyl (C=O) groups excluding carboxylic acids is 1. The average Bonchev–Trinajstić information content (AvgIpc) is 2.27. The van der Waals surface area contributed by atoms with Crippen LogP contribution in [0.15, 0.2) is 24.3 Å². The van der Waals surface area contributed by atoms with E-state index in [2.05, 4.69) is 27.9 Å². The summed E-state index contributed by atoms with van der Waals surface area (Å²) in [4.78, 5) is 21.8. The standard InChI is InChI=1S/C11H12INO3S/c12-8-3-1-2-4-9(8)13-10(14)7-17-6-5-11(15)16/h1-4H,5-7H2,(H,13,14)(H,15,16). The Morgan fingerprint density at radius 2 is 2.06 bits per heavy atom. The quantitative estimate of drug-likeness (QED) is 0.600. The van der Waals surface area contributed by atoms with Gasteiger partial charge < -0.3 is 10.4 Å². The Morgan fingerprint density at radius 3 is 2.71 bits per heavy atom. The molecule has 4 nitrogen and oxygen atoms in total. The van der Waals surface area contributed by atoms with E-state index in [-0.39, 0.29) is 18.1 Å². The molecule has 0 fully saturated rings. The summed E-state index contributed by atoms with van der Waals surface area (Å²) in [6.07, 6.45) is 0.0841. The third-order valence-corrected chi connectivity index (χ3v) is 3.74. The number of nitrogens with one attached hydrogen (secondary N) is 1. The molecule has 6 heteroatoms. The van der Waals surface area contributed by atoms with Crippen molar-refractivity contribution in [1.29, 1.82) is 0 Å². The summed E-state index contributed by atoms with van der Waals surface area (Å²) in [5, 5.41) is 11.2. The number of carboxylic acid groups (broad SMARTS) is 1. The van der Waals surface area contributed by atoms with Crippen LogP contribution in [0, 0.1) is 3.57 Å². The lowest BCUT2D eigenvalue weighted by Crippen LogP contribution is -2.15. The smallest absolute Gasteiger partial charge is 0.304 e. The Kier molecular flexibility index (Phi) is 6.35. The predicted molar refractivity (Wildman–Crippen MR) is 77.4 cm³/mol. The SMILES string of the molecule is O=C(O)CCSCC(=O)Nc1ccccc1I. The van der Waals surface area contributed by atoms with Crippen LogP contribution >= 0.6 is 34.4 Å². The van der Waals surface area contributed by atoms with Gasteiger partial charge in [-0.05, 0) is 34.7 Å². The fourth-order valence-electron chi connectivity index (χ4n) is 1.07. The Morgan fingerprint density at radius 1 is 1.35 bits per heavy atom. The molecule has 0 atom stereocenters. The van der Waals surface area contributed by atoms with Gasteiger partial charge in [0.25, 0.3) is 0 Å². The lowest BCUT2D eigenvalue weighted by atomic mass is 10.3. The van der Waals surface area contributed by atoms with Crippen LogP contribution in [0.5, 0.6) is 0 Å². The van der Waals surface area contributed by atoms with Gasteiger partial charge in [0, 0.05) is 9.32 Å². The zero-order valence-electron chi connectivity index (χ0n) is 8.98. The summed E-state index contributed by atoms with van der Waals surface area (Å²) in [5.41, 5.74) is 0.789. The van der Waals surface area contributed by atoms with Gasteiger partial charge in [-0.25, -0.2) is 0 Å². The van der Waals surface area contributed by atoms with Gasteiger partial charge in [0.05, 0.1) is 17.9 Å². The second-order valence-electron chi connectivity index (χ2n) is 3.22. The van der Waals surface area contributed by atoms with Crippen LogP contribution in [0.25, 0.3) is 0 Å². The van der Waals surface area contributed by atoms with Crippen molar-refractivity contribution in [3.05, 3.63) is 27.8 Å². The number of amides is 1. The van der Waals surface area contributed by atoms with Gasteiger partial charge in [-0.1, -0.05) is 12.1 Å². The van der Waals surface area contributed by atoms with Gasteiger partial charge in [-0.2, -0.15) is 11.8 Å². The third kappa shape index (κ3) is 5.92. The molecule has 0 saturated carbocycles. The summed E-state index contributed by atoms with van der Waals surface area (Å²) in [6.45, 7) is 0. The number of hydrogen-bond acceptors (Lipinski definition) is 3. The summed E-state index contributed by atoms with van der Waals surface area (Å²) in [7, 11) is 0. The highest BCUT2D eigenvalue weighted by atomic mass is 127. The molecule has 2 N–H and O–H groups in total. The maximum Gasteiger partial charge on any atom is 0.304 e. The van der Waals surface area contributed by atoms with Crippen LogP contribution in [0.1, 0.15) is 6.42 Å². The normalized spacial score (nSPS) is 9.94. The molecule has 0 heterocycles. The first-order valence-corrected chi connectivity index (χ1v) is 7.17. The van der Waals surface area contributed by atoms with Crippen molar-refractivity contribution in [2.75, 3.05) is 16.8 Å². The van der Waals surface area contributed by atoms with Crippen molar-refractivity contribution < 1.29 is 14.7 Å². The average molecular weight is 365 g/mol. The highest BCUT2D eigenvalue weighted by Gasteiger charge is 2.05. The Balaban J connectivity index is 2.30. The molecule has 0 aliphatic carbocycles. The Labute approximate surface area is 117 Å². The van der Waals surface area contributed by atoms with Crippen molar-refractivity contribution >= 4 is 51.9 Å². The minimum absolute atomic E-state index is 0.0841. The molecule has 0 spiro atoms. The van der Waals surface area contributed by atoms with Crippen LogP contribution in [0.3, 0.4) is 0 Å². The van der Waals surface area contributed by atoms with E-state index in [9.17, 15) is 9.59 Å². The summed E-state index contributed by atoms with van der Waals surface area (Å²) in [5.74, 6) is -0.215. The van der Waals surface area contributed by atoms with Crippen LogP contribution < -0.4 is 5.32 Å². The summed E-state index contributed by atoms with van der Waals surface area (Å²) >= 11 is 3.47. The number of halogens is 1. The zero-order valence-corrected chi connectivity index (χ0v) is 12.0. The highest BCUT2D eigenvalue weighted by Crippen LogP contribution is 2.17. The first-order valence-electron chi connectivity index (χ1n) is 4.93. The van der Waals surface area contributed by atoms with E-state index in [0.29, 0.717) is 5.75 Å². The Hall–Kier alpha value is -0.760. The summed E-state index contributed by atoms with van der Waals surface area (Å²) in [6, 6.07) is 7.50. The number of carboxylic acids is 1. The lowest BCUT2D eigenvalue weighted by molar-refractivity contribution is -0.136. The molecule has 0 aromatic heterocycles. The molecule has 92 valence electrons. The molecule has 1 aromatic rings.